The minimum absolute atomic E-state index is 0.112. The zero-order valence-electron chi connectivity index (χ0n) is 9.03. The second-order valence-electron chi connectivity index (χ2n) is 3.42. The number of unbranched alkanes of at least 4 members (excludes halogenated alkanes) is 2. The predicted octanol–water partition coefficient (Wildman–Crippen LogP) is 2.44. The molecule has 0 atom stereocenters. The van der Waals surface area contributed by atoms with Gasteiger partial charge in [-0.25, -0.2) is 4.79 Å². The third-order valence-corrected chi connectivity index (χ3v) is 2.04. The van der Waals surface area contributed by atoms with Gasteiger partial charge in [-0.15, -0.1) is 0 Å². The minimum Gasteiger partial charge on any atom is -0.481 e. The standard InChI is InChI=1S/C11H18O4/c1-2-3-6-9(11(14)15)7-4-5-8-10(12)13/h6H,2-5,7-8H2,1H3,(H,12,13)(H,14,15). The van der Waals surface area contributed by atoms with Crippen LogP contribution < -0.4 is 0 Å². The number of carboxylic acids is 2. The Labute approximate surface area is 89.6 Å². The van der Waals surface area contributed by atoms with Gasteiger partial charge in [-0.3, -0.25) is 4.79 Å². The van der Waals surface area contributed by atoms with Crippen molar-refractivity contribution in [1.82, 2.24) is 0 Å². The van der Waals surface area contributed by atoms with Crippen LogP contribution in [0.5, 0.6) is 0 Å². The van der Waals surface area contributed by atoms with Gasteiger partial charge in [0.15, 0.2) is 0 Å². The molecule has 0 aliphatic heterocycles. The van der Waals surface area contributed by atoms with Gasteiger partial charge in [0.1, 0.15) is 0 Å². The van der Waals surface area contributed by atoms with Gasteiger partial charge in [0.05, 0.1) is 0 Å². The number of hydrogen-bond acceptors (Lipinski definition) is 2. The Kier molecular flexibility index (Phi) is 7.32. The molecule has 0 aliphatic rings. The number of carboxylic acid groups (broad SMARTS) is 2. The Morgan fingerprint density at radius 2 is 1.73 bits per heavy atom. The van der Waals surface area contributed by atoms with Crippen LogP contribution >= 0.6 is 0 Å². The highest BCUT2D eigenvalue weighted by Crippen LogP contribution is 2.11. The topological polar surface area (TPSA) is 74.6 Å². The van der Waals surface area contributed by atoms with E-state index >= 15 is 0 Å². The average molecular weight is 214 g/mol. The van der Waals surface area contributed by atoms with Crippen LogP contribution in [0.4, 0.5) is 0 Å². The maximum Gasteiger partial charge on any atom is 0.331 e. The van der Waals surface area contributed by atoms with Gasteiger partial charge in [0.2, 0.25) is 0 Å². The quantitative estimate of drug-likeness (QED) is 0.480. The Balaban J connectivity index is 3.87. The maximum atomic E-state index is 10.7. The van der Waals surface area contributed by atoms with E-state index in [9.17, 15) is 9.59 Å². The van der Waals surface area contributed by atoms with E-state index in [2.05, 4.69) is 0 Å². The van der Waals surface area contributed by atoms with E-state index < -0.39 is 11.9 Å². The summed E-state index contributed by atoms with van der Waals surface area (Å²) in [5.41, 5.74) is 0.405. The molecule has 15 heavy (non-hydrogen) atoms. The van der Waals surface area contributed by atoms with Crippen LogP contribution in [0.1, 0.15) is 45.4 Å². The molecule has 86 valence electrons. The van der Waals surface area contributed by atoms with Gasteiger partial charge in [0, 0.05) is 12.0 Å². The Morgan fingerprint density at radius 3 is 2.20 bits per heavy atom. The lowest BCUT2D eigenvalue weighted by Crippen LogP contribution is -2.01. The van der Waals surface area contributed by atoms with E-state index in [1.54, 1.807) is 6.08 Å². The lowest BCUT2D eigenvalue weighted by Gasteiger charge is -2.01. The van der Waals surface area contributed by atoms with Crippen molar-refractivity contribution in [3.05, 3.63) is 11.6 Å². The van der Waals surface area contributed by atoms with Crippen LogP contribution in [0.25, 0.3) is 0 Å². The van der Waals surface area contributed by atoms with Gasteiger partial charge >= 0.3 is 11.9 Å². The molecule has 0 bridgehead atoms. The van der Waals surface area contributed by atoms with E-state index in [1.807, 2.05) is 6.92 Å². The molecule has 0 fully saturated rings. The summed E-state index contributed by atoms with van der Waals surface area (Å²) in [6.45, 7) is 1.99. The zero-order valence-corrected chi connectivity index (χ0v) is 9.03. The van der Waals surface area contributed by atoms with Gasteiger partial charge in [-0.05, 0) is 25.7 Å². The van der Waals surface area contributed by atoms with Crippen molar-refractivity contribution in [1.29, 1.82) is 0 Å². The molecule has 0 aromatic heterocycles. The van der Waals surface area contributed by atoms with Gasteiger partial charge < -0.3 is 10.2 Å². The first-order valence-electron chi connectivity index (χ1n) is 5.22. The van der Waals surface area contributed by atoms with Crippen molar-refractivity contribution in [3.63, 3.8) is 0 Å². The number of rotatable bonds is 8. The van der Waals surface area contributed by atoms with Gasteiger partial charge in [-0.1, -0.05) is 19.4 Å². The third kappa shape index (κ3) is 7.73. The summed E-state index contributed by atoms with van der Waals surface area (Å²) >= 11 is 0. The minimum atomic E-state index is -0.890. The highest BCUT2D eigenvalue weighted by molar-refractivity contribution is 5.86. The van der Waals surface area contributed by atoms with E-state index in [0.717, 1.165) is 12.8 Å². The van der Waals surface area contributed by atoms with Crippen molar-refractivity contribution in [3.8, 4) is 0 Å². The number of hydrogen-bond donors (Lipinski definition) is 2. The Hall–Kier alpha value is -1.32. The summed E-state index contributed by atoms with van der Waals surface area (Å²) < 4.78 is 0. The highest BCUT2D eigenvalue weighted by Gasteiger charge is 2.06. The van der Waals surface area contributed by atoms with Gasteiger partial charge in [0.25, 0.3) is 0 Å². The second kappa shape index (κ2) is 8.03. The molecule has 0 aromatic rings. The number of allylic oxidation sites excluding steroid dienone is 1. The summed E-state index contributed by atoms with van der Waals surface area (Å²) in [7, 11) is 0. The molecule has 0 rings (SSSR count). The fraction of sp³-hybridized carbons (Fsp3) is 0.636. The molecule has 0 unspecified atom stereocenters. The summed E-state index contributed by atoms with van der Waals surface area (Å²) in [5, 5.41) is 17.2. The van der Waals surface area contributed by atoms with Crippen LogP contribution in [-0.4, -0.2) is 22.2 Å². The van der Waals surface area contributed by atoms with Crippen molar-refractivity contribution >= 4 is 11.9 Å². The largest absolute Gasteiger partial charge is 0.481 e. The molecule has 0 amide bonds. The van der Waals surface area contributed by atoms with Crippen molar-refractivity contribution in [2.75, 3.05) is 0 Å². The zero-order chi connectivity index (χ0) is 11.7. The third-order valence-electron chi connectivity index (χ3n) is 2.04. The maximum absolute atomic E-state index is 10.7. The smallest absolute Gasteiger partial charge is 0.331 e. The monoisotopic (exact) mass is 214 g/mol. The average Bonchev–Trinajstić information content (AvgIpc) is 2.15. The predicted molar refractivity (Wildman–Crippen MR) is 56.7 cm³/mol. The molecule has 0 aliphatic carbocycles. The lowest BCUT2D eigenvalue weighted by atomic mass is 10.1. The SMILES string of the molecule is CCCC=C(CCCCC(=O)O)C(=O)O. The van der Waals surface area contributed by atoms with E-state index in [0.29, 0.717) is 24.8 Å². The molecular weight excluding hydrogens is 196 g/mol. The highest BCUT2D eigenvalue weighted by atomic mass is 16.4. The summed E-state index contributed by atoms with van der Waals surface area (Å²) in [6.07, 6.45) is 5.14. The molecule has 0 radical (unpaired) electrons. The first kappa shape index (κ1) is 13.7. The summed E-state index contributed by atoms with van der Waals surface area (Å²) in [5.74, 6) is -1.72. The molecule has 2 N–H and O–H groups in total. The van der Waals surface area contributed by atoms with Crippen LogP contribution in [0.15, 0.2) is 11.6 Å². The van der Waals surface area contributed by atoms with E-state index in [1.165, 1.54) is 0 Å². The molecule has 0 spiro atoms. The fourth-order valence-electron chi connectivity index (χ4n) is 1.21. The summed E-state index contributed by atoms with van der Waals surface area (Å²) in [6, 6.07) is 0. The first-order valence-corrected chi connectivity index (χ1v) is 5.22. The molecule has 4 nitrogen and oxygen atoms in total. The van der Waals surface area contributed by atoms with E-state index in [4.69, 9.17) is 10.2 Å². The molecule has 0 heterocycles. The molecule has 0 saturated carbocycles. The molecule has 4 heteroatoms. The second-order valence-corrected chi connectivity index (χ2v) is 3.42. The number of aliphatic carboxylic acids is 2. The lowest BCUT2D eigenvalue weighted by molar-refractivity contribution is -0.137. The van der Waals surface area contributed by atoms with Crippen LogP contribution in [0.2, 0.25) is 0 Å². The van der Waals surface area contributed by atoms with Crippen molar-refractivity contribution in [2.24, 2.45) is 0 Å². The first-order chi connectivity index (χ1) is 7.07. The normalized spacial score (nSPS) is 11.4. The van der Waals surface area contributed by atoms with Gasteiger partial charge in [-0.2, -0.15) is 0 Å². The number of carbonyl (C=O) groups is 2. The Bertz CT molecular complexity index is 243. The van der Waals surface area contributed by atoms with Crippen LogP contribution in [-0.2, 0) is 9.59 Å². The fourth-order valence-corrected chi connectivity index (χ4v) is 1.21. The summed E-state index contributed by atoms with van der Waals surface area (Å²) in [4.78, 5) is 21.0. The van der Waals surface area contributed by atoms with Crippen LogP contribution in [0.3, 0.4) is 0 Å². The van der Waals surface area contributed by atoms with Crippen molar-refractivity contribution < 1.29 is 19.8 Å². The van der Waals surface area contributed by atoms with Crippen molar-refractivity contribution in [2.45, 2.75) is 45.4 Å². The van der Waals surface area contributed by atoms with E-state index in [-0.39, 0.29) is 6.42 Å². The molecule has 0 aromatic carbocycles. The van der Waals surface area contributed by atoms with Crippen LogP contribution in [0, 0.1) is 0 Å². The molecular formula is C11H18O4. The molecule has 0 saturated heterocycles. The Morgan fingerprint density at radius 1 is 1.13 bits per heavy atom.